The molecule has 0 spiro atoms. The van der Waals surface area contributed by atoms with Gasteiger partial charge in [-0.25, -0.2) is 0 Å². The number of hydrogen-bond acceptors (Lipinski definition) is 3. The predicted molar refractivity (Wildman–Crippen MR) is 71.5 cm³/mol. The summed E-state index contributed by atoms with van der Waals surface area (Å²) in [6.45, 7) is -0.00731. The Bertz CT molecular complexity index is 348. The van der Waals surface area contributed by atoms with Crippen molar-refractivity contribution in [2.45, 2.75) is 43.9 Å². The predicted octanol–water partition coefficient (Wildman–Crippen LogP) is 2.44. The lowest BCUT2D eigenvalue weighted by Gasteiger charge is -2.39. The molecule has 0 unspecified atom stereocenters. The number of piperidine rings is 1. The molecular formula is C13H20F3NO2S. The molecule has 1 amide bonds. The van der Waals surface area contributed by atoms with Crippen molar-refractivity contribution in [2.24, 2.45) is 5.92 Å². The zero-order valence-electron chi connectivity index (χ0n) is 11.3. The number of aliphatic hydroxyl groups is 1. The minimum atomic E-state index is -4.61. The van der Waals surface area contributed by atoms with Gasteiger partial charge in [-0.1, -0.05) is 0 Å². The lowest BCUT2D eigenvalue weighted by Crippen LogP contribution is -2.54. The number of rotatable bonds is 2. The summed E-state index contributed by atoms with van der Waals surface area (Å²) in [6.07, 6.45) is -2.98. The van der Waals surface area contributed by atoms with Crippen LogP contribution in [0, 0.1) is 5.92 Å². The molecular weight excluding hydrogens is 291 g/mol. The van der Waals surface area contributed by atoms with Gasteiger partial charge in [0.2, 0.25) is 5.91 Å². The molecule has 2 aliphatic heterocycles. The topological polar surface area (TPSA) is 40.5 Å². The first-order valence-corrected chi connectivity index (χ1v) is 8.12. The molecule has 3 nitrogen and oxygen atoms in total. The molecule has 2 saturated heterocycles. The van der Waals surface area contributed by atoms with Crippen LogP contribution in [0.5, 0.6) is 0 Å². The molecule has 0 aromatic carbocycles. The van der Waals surface area contributed by atoms with Crippen molar-refractivity contribution in [2.75, 3.05) is 24.6 Å². The van der Waals surface area contributed by atoms with E-state index in [1.165, 1.54) is 4.90 Å². The number of alkyl halides is 3. The highest BCUT2D eigenvalue weighted by Gasteiger charge is 2.54. The van der Waals surface area contributed by atoms with Gasteiger partial charge in [-0.15, -0.1) is 0 Å². The number of thioether (sulfide) groups is 1. The van der Waals surface area contributed by atoms with Gasteiger partial charge in [0.1, 0.15) is 0 Å². The second-order valence-electron chi connectivity index (χ2n) is 5.67. The molecule has 0 saturated carbocycles. The van der Waals surface area contributed by atoms with Gasteiger partial charge in [0.05, 0.1) is 0 Å². The second-order valence-corrected chi connectivity index (χ2v) is 6.89. The summed E-state index contributed by atoms with van der Waals surface area (Å²) in [5, 5.41) is 9.56. The molecule has 2 heterocycles. The van der Waals surface area contributed by atoms with E-state index >= 15 is 0 Å². The van der Waals surface area contributed by atoms with Gasteiger partial charge in [-0.05, 0) is 30.3 Å². The summed E-state index contributed by atoms with van der Waals surface area (Å²) in [6, 6.07) is 0. The molecule has 1 N–H and O–H groups in total. The highest BCUT2D eigenvalue weighted by molar-refractivity contribution is 7.99. The molecule has 2 aliphatic rings. The first-order valence-electron chi connectivity index (χ1n) is 6.96. The number of hydrogen-bond donors (Lipinski definition) is 1. The van der Waals surface area contributed by atoms with Crippen LogP contribution in [-0.4, -0.2) is 52.3 Å². The van der Waals surface area contributed by atoms with Crippen molar-refractivity contribution in [1.29, 1.82) is 0 Å². The van der Waals surface area contributed by atoms with E-state index in [0.717, 1.165) is 24.3 Å². The molecule has 116 valence electrons. The van der Waals surface area contributed by atoms with Crippen molar-refractivity contribution in [3.05, 3.63) is 0 Å². The fourth-order valence-electron chi connectivity index (χ4n) is 2.74. The van der Waals surface area contributed by atoms with Gasteiger partial charge in [-0.2, -0.15) is 24.9 Å². The standard InChI is InChI=1S/C13H20F3NO2S/c14-13(15,16)12(19)3-5-17(6-4-12)11(18)9-10-1-7-20-8-2-10/h10,19H,1-9H2. The Labute approximate surface area is 120 Å². The van der Waals surface area contributed by atoms with Crippen molar-refractivity contribution >= 4 is 17.7 Å². The number of likely N-dealkylation sites (tertiary alicyclic amines) is 1. The summed E-state index contributed by atoms with van der Waals surface area (Å²) in [4.78, 5) is 13.6. The Balaban J connectivity index is 1.82. The first kappa shape index (κ1) is 15.9. The normalized spacial score (nSPS) is 24.7. The molecule has 0 aromatic rings. The third kappa shape index (κ3) is 3.61. The largest absolute Gasteiger partial charge is 0.417 e. The molecule has 0 atom stereocenters. The van der Waals surface area contributed by atoms with Crippen LogP contribution in [0.4, 0.5) is 13.2 Å². The monoisotopic (exact) mass is 311 g/mol. The maximum atomic E-state index is 12.7. The number of nitrogens with zero attached hydrogens (tertiary/aromatic N) is 1. The Morgan fingerprint density at radius 1 is 1.25 bits per heavy atom. The summed E-state index contributed by atoms with van der Waals surface area (Å²) in [5.74, 6) is 2.43. The summed E-state index contributed by atoms with van der Waals surface area (Å²) >= 11 is 1.88. The van der Waals surface area contributed by atoms with E-state index in [1.54, 1.807) is 0 Å². The van der Waals surface area contributed by atoms with Crippen molar-refractivity contribution < 1.29 is 23.1 Å². The van der Waals surface area contributed by atoms with Gasteiger partial charge in [0, 0.05) is 32.4 Å². The molecule has 0 bridgehead atoms. The van der Waals surface area contributed by atoms with Crippen molar-refractivity contribution in [1.82, 2.24) is 4.90 Å². The van der Waals surface area contributed by atoms with E-state index in [-0.39, 0.29) is 19.0 Å². The van der Waals surface area contributed by atoms with Gasteiger partial charge in [0.15, 0.2) is 5.60 Å². The van der Waals surface area contributed by atoms with Crippen LogP contribution in [0.3, 0.4) is 0 Å². The van der Waals surface area contributed by atoms with Crippen molar-refractivity contribution in [3.8, 4) is 0 Å². The number of amides is 1. The smallest absolute Gasteiger partial charge is 0.380 e. The Hall–Kier alpha value is -0.430. The fraction of sp³-hybridized carbons (Fsp3) is 0.923. The van der Waals surface area contributed by atoms with E-state index in [1.807, 2.05) is 11.8 Å². The highest BCUT2D eigenvalue weighted by atomic mass is 32.2. The van der Waals surface area contributed by atoms with Crippen molar-refractivity contribution in [3.63, 3.8) is 0 Å². The Kier molecular flexibility index (Phi) is 4.89. The zero-order chi connectivity index (χ0) is 14.8. The van der Waals surface area contributed by atoms with Crippen LogP contribution in [0.1, 0.15) is 32.1 Å². The molecule has 0 radical (unpaired) electrons. The second kappa shape index (κ2) is 6.13. The van der Waals surface area contributed by atoms with E-state index in [9.17, 15) is 23.1 Å². The molecule has 7 heteroatoms. The van der Waals surface area contributed by atoms with E-state index in [2.05, 4.69) is 0 Å². The SMILES string of the molecule is O=C(CC1CCSCC1)N1CCC(O)(C(F)(F)F)CC1. The molecule has 2 fully saturated rings. The minimum absolute atomic E-state index is 0.00366. The molecule has 2 rings (SSSR count). The maximum absolute atomic E-state index is 12.7. The molecule has 0 aromatic heterocycles. The van der Waals surface area contributed by atoms with Crippen LogP contribution >= 0.6 is 11.8 Å². The van der Waals surface area contributed by atoms with Gasteiger partial charge in [0.25, 0.3) is 0 Å². The highest BCUT2D eigenvalue weighted by Crippen LogP contribution is 2.38. The van der Waals surface area contributed by atoms with E-state index in [0.29, 0.717) is 12.3 Å². The third-order valence-corrected chi connectivity index (χ3v) is 5.32. The Morgan fingerprint density at radius 3 is 2.30 bits per heavy atom. The summed E-state index contributed by atoms with van der Waals surface area (Å²) in [5.41, 5.74) is -2.62. The minimum Gasteiger partial charge on any atom is -0.380 e. The van der Waals surface area contributed by atoms with Crippen LogP contribution in [0.25, 0.3) is 0 Å². The summed E-state index contributed by atoms with van der Waals surface area (Å²) in [7, 11) is 0. The van der Waals surface area contributed by atoms with E-state index < -0.39 is 24.6 Å². The average molecular weight is 311 g/mol. The van der Waals surface area contributed by atoms with Crippen LogP contribution < -0.4 is 0 Å². The quantitative estimate of drug-likeness (QED) is 0.851. The van der Waals surface area contributed by atoms with Gasteiger partial charge < -0.3 is 10.0 Å². The van der Waals surface area contributed by atoms with Crippen LogP contribution in [-0.2, 0) is 4.79 Å². The lowest BCUT2D eigenvalue weighted by molar-refractivity contribution is -0.272. The third-order valence-electron chi connectivity index (χ3n) is 4.28. The number of carbonyl (C=O) groups is 1. The van der Waals surface area contributed by atoms with Gasteiger partial charge in [-0.3, -0.25) is 4.79 Å². The van der Waals surface area contributed by atoms with E-state index in [4.69, 9.17) is 0 Å². The Morgan fingerprint density at radius 2 is 1.80 bits per heavy atom. The number of carbonyl (C=O) groups excluding carboxylic acids is 1. The zero-order valence-corrected chi connectivity index (χ0v) is 12.1. The number of halogens is 3. The summed E-state index contributed by atoms with van der Waals surface area (Å²) < 4.78 is 38.0. The maximum Gasteiger partial charge on any atom is 0.417 e. The fourth-order valence-corrected chi connectivity index (χ4v) is 3.94. The average Bonchev–Trinajstić information content (AvgIpc) is 2.39. The molecule has 20 heavy (non-hydrogen) atoms. The van der Waals surface area contributed by atoms with Crippen LogP contribution in [0.2, 0.25) is 0 Å². The first-order chi connectivity index (χ1) is 9.32. The lowest BCUT2D eigenvalue weighted by atomic mass is 9.90. The van der Waals surface area contributed by atoms with Crippen LogP contribution in [0.15, 0.2) is 0 Å². The molecule has 0 aliphatic carbocycles. The van der Waals surface area contributed by atoms with Gasteiger partial charge >= 0.3 is 6.18 Å².